The number of nitrogens with one attached hydrogen (secondary N) is 2. The van der Waals surface area contributed by atoms with Crippen molar-refractivity contribution in [3.63, 3.8) is 0 Å². The highest BCUT2D eigenvalue weighted by Gasteiger charge is 2.30. The number of nitrogens with zero attached hydrogens (tertiary/aromatic N) is 1. The summed E-state index contributed by atoms with van der Waals surface area (Å²) in [6, 6.07) is 13.0. The molecule has 1 aliphatic rings. The lowest BCUT2D eigenvalue weighted by atomic mass is 10.2. The third-order valence-corrected chi connectivity index (χ3v) is 5.46. The van der Waals surface area contributed by atoms with Gasteiger partial charge in [-0.15, -0.1) is 0 Å². The number of sulfonamides is 1. The number of ether oxygens (including phenoxy) is 2. The summed E-state index contributed by atoms with van der Waals surface area (Å²) in [4.78, 5) is 28.3. The van der Waals surface area contributed by atoms with Gasteiger partial charge < -0.3 is 14.8 Å². The Hall–Kier alpha value is -3.40. The first-order chi connectivity index (χ1) is 13.8. The van der Waals surface area contributed by atoms with Gasteiger partial charge in [0.05, 0.1) is 12.0 Å². The van der Waals surface area contributed by atoms with Crippen molar-refractivity contribution < 1.29 is 27.5 Å². The molecular weight excluding hydrogens is 398 g/mol. The van der Waals surface area contributed by atoms with Crippen LogP contribution in [0, 0.1) is 0 Å². The summed E-state index contributed by atoms with van der Waals surface area (Å²) in [6.45, 7) is 0.990. The Morgan fingerprint density at radius 3 is 2.52 bits per heavy atom. The van der Waals surface area contributed by atoms with Crippen LogP contribution in [0.4, 0.5) is 5.69 Å². The van der Waals surface area contributed by atoms with Gasteiger partial charge in [-0.2, -0.15) is 0 Å². The number of benzene rings is 2. The second kappa shape index (κ2) is 8.31. The highest BCUT2D eigenvalue weighted by atomic mass is 32.2. The molecule has 3 rings (SSSR count). The predicted molar refractivity (Wildman–Crippen MR) is 105 cm³/mol. The van der Waals surface area contributed by atoms with Crippen LogP contribution in [0.1, 0.15) is 12.5 Å². The molecule has 0 saturated heterocycles. The van der Waals surface area contributed by atoms with E-state index in [0.29, 0.717) is 17.0 Å². The van der Waals surface area contributed by atoms with Crippen molar-refractivity contribution in [2.45, 2.75) is 17.9 Å². The SMILES string of the molecule is COc1ccc(NC(=O)[C@@H](C)OC(=O)CN=C2NS(=O)(=O)c3ccccc32)cc1. The first-order valence-electron chi connectivity index (χ1n) is 8.61. The molecule has 2 aromatic carbocycles. The molecule has 1 amide bonds. The van der Waals surface area contributed by atoms with Crippen LogP contribution in [0.15, 0.2) is 58.4 Å². The number of hydrogen-bond acceptors (Lipinski definition) is 7. The molecule has 10 heteroatoms. The maximum atomic E-state index is 12.2. The number of fused-ring (bicyclic) bond motifs is 1. The van der Waals surface area contributed by atoms with E-state index in [0.717, 1.165) is 0 Å². The highest BCUT2D eigenvalue weighted by molar-refractivity contribution is 7.90. The van der Waals surface area contributed by atoms with Gasteiger partial charge in [-0.1, -0.05) is 12.1 Å². The van der Waals surface area contributed by atoms with E-state index in [1.54, 1.807) is 42.5 Å². The van der Waals surface area contributed by atoms with E-state index in [9.17, 15) is 18.0 Å². The smallest absolute Gasteiger partial charge is 0.328 e. The van der Waals surface area contributed by atoms with Gasteiger partial charge in [-0.05, 0) is 43.3 Å². The van der Waals surface area contributed by atoms with E-state index in [-0.39, 0.29) is 10.7 Å². The Balaban J connectivity index is 1.58. The lowest BCUT2D eigenvalue weighted by molar-refractivity contribution is -0.151. The van der Waals surface area contributed by atoms with E-state index in [4.69, 9.17) is 9.47 Å². The van der Waals surface area contributed by atoms with Crippen LogP contribution in [0.2, 0.25) is 0 Å². The number of amidine groups is 1. The van der Waals surface area contributed by atoms with Crippen molar-refractivity contribution in [3.8, 4) is 5.75 Å². The Morgan fingerprint density at radius 1 is 1.14 bits per heavy atom. The van der Waals surface area contributed by atoms with Crippen LogP contribution >= 0.6 is 0 Å². The van der Waals surface area contributed by atoms with Crippen molar-refractivity contribution in [3.05, 3.63) is 54.1 Å². The number of esters is 1. The van der Waals surface area contributed by atoms with Gasteiger partial charge in [0.25, 0.3) is 15.9 Å². The van der Waals surface area contributed by atoms with E-state index in [2.05, 4.69) is 15.0 Å². The third-order valence-electron chi connectivity index (χ3n) is 4.06. The number of anilines is 1. The quantitative estimate of drug-likeness (QED) is 0.683. The van der Waals surface area contributed by atoms with E-state index >= 15 is 0 Å². The van der Waals surface area contributed by atoms with Crippen LogP contribution in [0.25, 0.3) is 0 Å². The molecule has 1 heterocycles. The zero-order chi connectivity index (χ0) is 21.0. The fourth-order valence-electron chi connectivity index (χ4n) is 2.60. The average molecular weight is 417 g/mol. The first kappa shape index (κ1) is 20.3. The van der Waals surface area contributed by atoms with E-state index in [1.165, 1.54) is 20.1 Å². The first-order valence-corrected chi connectivity index (χ1v) is 10.1. The Kier molecular flexibility index (Phi) is 5.83. The molecule has 1 atom stereocenters. The zero-order valence-corrected chi connectivity index (χ0v) is 16.5. The Labute approximate surface area is 167 Å². The van der Waals surface area contributed by atoms with Gasteiger partial charge in [0, 0.05) is 11.3 Å². The number of methoxy groups -OCH3 is 1. The standard InChI is InChI=1S/C19H19N3O6S/c1-12(19(24)21-13-7-9-14(27-2)10-8-13)28-17(23)11-20-18-15-5-3-4-6-16(15)29(25,26)22-18/h3-10,12H,11H2,1-2H3,(H,20,22)(H,21,24)/t12-/m1/s1. The molecule has 0 fully saturated rings. The molecule has 152 valence electrons. The molecule has 29 heavy (non-hydrogen) atoms. The molecule has 2 N–H and O–H groups in total. The van der Waals surface area contributed by atoms with Crippen LogP contribution in [-0.4, -0.2) is 45.9 Å². The van der Waals surface area contributed by atoms with E-state index in [1.807, 2.05) is 0 Å². The molecule has 9 nitrogen and oxygen atoms in total. The van der Waals surface area contributed by atoms with Crippen molar-refractivity contribution in [2.24, 2.45) is 4.99 Å². The lowest BCUT2D eigenvalue weighted by Crippen LogP contribution is -2.31. The van der Waals surface area contributed by atoms with Crippen molar-refractivity contribution >= 4 is 33.4 Å². The molecule has 0 bridgehead atoms. The minimum absolute atomic E-state index is 0.0629. The Morgan fingerprint density at radius 2 is 1.83 bits per heavy atom. The second-order valence-electron chi connectivity index (χ2n) is 6.12. The van der Waals surface area contributed by atoms with Gasteiger partial charge >= 0.3 is 5.97 Å². The number of rotatable bonds is 6. The lowest BCUT2D eigenvalue weighted by Gasteiger charge is -2.13. The van der Waals surface area contributed by atoms with Crippen LogP contribution in [0.3, 0.4) is 0 Å². The second-order valence-corrected chi connectivity index (χ2v) is 7.77. The van der Waals surface area contributed by atoms with Gasteiger partial charge in [0.2, 0.25) is 0 Å². The van der Waals surface area contributed by atoms with Gasteiger partial charge in [0.1, 0.15) is 18.1 Å². The normalized spacial score (nSPS) is 16.4. The summed E-state index contributed by atoms with van der Waals surface area (Å²) in [5, 5.41) is 2.62. The van der Waals surface area contributed by atoms with Crippen LogP contribution in [0.5, 0.6) is 5.75 Å². The fourth-order valence-corrected chi connectivity index (χ4v) is 3.85. The highest BCUT2D eigenvalue weighted by Crippen LogP contribution is 2.22. The molecular formula is C19H19N3O6S. The summed E-state index contributed by atoms with van der Waals surface area (Å²) < 4.78 is 36.4. The fraction of sp³-hybridized carbons (Fsp3) is 0.211. The molecule has 0 spiro atoms. The van der Waals surface area contributed by atoms with Gasteiger partial charge in [0.15, 0.2) is 6.10 Å². The number of amides is 1. The number of aliphatic imine (C=N–C) groups is 1. The zero-order valence-electron chi connectivity index (χ0n) is 15.7. The summed E-state index contributed by atoms with van der Waals surface area (Å²) in [7, 11) is -2.15. The van der Waals surface area contributed by atoms with Crippen molar-refractivity contribution in [1.29, 1.82) is 0 Å². The van der Waals surface area contributed by atoms with Gasteiger partial charge in [-0.3, -0.25) is 19.3 Å². The topological polar surface area (TPSA) is 123 Å². The van der Waals surface area contributed by atoms with Gasteiger partial charge in [-0.25, -0.2) is 8.42 Å². The van der Waals surface area contributed by atoms with Crippen molar-refractivity contribution in [1.82, 2.24) is 4.72 Å². The average Bonchev–Trinajstić information content (AvgIpc) is 2.97. The number of carbonyl (C=O) groups is 2. The third kappa shape index (κ3) is 4.72. The summed E-state index contributed by atoms with van der Waals surface area (Å²) in [5.74, 6) is -0.569. The Bertz CT molecular complexity index is 1060. The summed E-state index contributed by atoms with van der Waals surface area (Å²) in [6.07, 6.45) is -1.06. The summed E-state index contributed by atoms with van der Waals surface area (Å²) in [5.41, 5.74) is 0.904. The minimum atomic E-state index is -3.68. The molecule has 2 aromatic rings. The minimum Gasteiger partial charge on any atom is -0.497 e. The van der Waals surface area contributed by atoms with Crippen molar-refractivity contribution in [2.75, 3.05) is 19.0 Å². The molecule has 0 aliphatic carbocycles. The maximum Gasteiger partial charge on any atom is 0.328 e. The predicted octanol–water partition coefficient (Wildman–Crippen LogP) is 1.30. The van der Waals surface area contributed by atoms with Crippen LogP contribution in [-0.2, 0) is 24.3 Å². The molecule has 0 radical (unpaired) electrons. The monoisotopic (exact) mass is 417 g/mol. The molecule has 1 aliphatic heterocycles. The largest absolute Gasteiger partial charge is 0.497 e. The van der Waals surface area contributed by atoms with E-state index < -0.39 is 34.5 Å². The molecule has 0 unspecified atom stereocenters. The number of hydrogen-bond donors (Lipinski definition) is 2. The maximum absolute atomic E-state index is 12.2. The summed E-state index contributed by atoms with van der Waals surface area (Å²) >= 11 is 0. The van der Waals surface area contributed by atoms with Crippen LogP contribution < -0.4 is 14.8 Å². The molecule has 0 saturated carbocycles. The number of carbonyl (C=O) groups excluding carboxylic acids is 2. The molecule has 0 aromatic heterocycles.